The van der Waals surface area contributed by atoms with Crippen molar-refractivity contribution in [2.75, 3.05) is 0 Å². The van der Waals surface area contributed by atoms with Crippen LogP contribution in [-0.2, 0) is 6.42 Å². The highest BCUT2D eigenvalue weighted by atomic mass is 16.3. The van der Waals surface area contributed by atoms with Gasteiger partial charge in [-0.15, -0.1) is 0 Å². The molecule has 0 fully saturated rings. The zero-order valence-electron chi connectivity index (χ0n) is 10.5. The summed E-state index contributed by atoms with van der Waals surface area (Å²) in [6, 6.07) is 9.87. The number of pyridine rings is 1. The monoisotopic (exact) mass is 227 g/mol. The Balaban J connectivity index is 2.56. The average Bonchev–Trinajstić information content (AvgIpc) is 2.34. The van der Waals surface area contributed by atoms with Crippen LogP contribution in [0.3, 0.4) is 0 Å². The van der Waals surface area contributed by atoms with Crippen LogP contribution >= 0.6 is 0 Å². The highest BCUT2D eigenvalue weighted by Crippen LogP contribution is 2.28. The number of aromatic hydroxyl groups is 1. The first-order valence-electron chi connectivity index (χ1n) is 5.88. The molecule has 0 aliphatic carbocycles. The molecular formula is C15H17NO. The molecule has 2 heteroatoms. The first kappa shape index (κ1) is 11.6. The summed E-state index contributed by atoms with van der Waals surface area (Å²) in [7, 11) is 0. The summed E-state index contributed by atoms with van der Waals surface area (Å²) < 4.78 is 0. The summed E-state index contributed by atoms with van der Waals surface area (Å²) in [6.45, 7) is 6.00. The Morgan fingerprint density at radius 2 is 1.88 bits per heavy atom. The quantitative estimate of drug-likeness (QED) is 0.849. The van der Waals surface area contributed by atoms with E-state index in [1.54, 1.807) is 6.07 Å². The molecule has 0 bridgehead atoms. The van der Waals surface area contributed by atoms with Gasteiger partial charge in [0, 0.05) is 11.3 Å². The molecule has 0 aliphatic rings. The van der Waals surface area contributed by atoms with Gasteiger partial charge in [-0.1, -0.05) is 13.0 Å². The van der Waals surface area contributed by atoms with Gasteiger partial charge in [0.2, 0.25) is 0 Å². The van der Waals surface area contributed by atoms with Crippen LogP contribution in [0, 0.1) is 13.8 Å². The van der Waals surface area contributed by atoms with Crippen LogP contribution < -0.4 is 0 Å². The van der Waals surface area contributed by atoms with Gasteiger partial charge in [0.25, 0.3) is 0 Å². The Kier molecular flexibility index (Phi) is 3.14. The van der Waals surface area contributed by atoms with Crippen molar-refractivity contribution in [2.45, 2.75) is 27.2 Å². The predicted octanol–water partition coefficient (Wildman–Crippen LogP) is 3.63. The third-order valence-corrected chi connectivity index (χ3v) is 2.99. The molecule has 2 rings (SSSR count). The van der Waals surface area contributed by atoms with Gasteiger partial charge in [0.15, 0.2) is 0 Å². The zero-order valence-corrected chi connectivity index (χ0v) is 10.5. The number of rotatable bonds is 2. The molecule has 2 aromatic rings. The van der Waals surface area contributed by atoms with Gasteiger partial charge < -0.3 is 5.11 Å². The minimum atomic E-state index is 0.345. The van der Waals surface area contributed by atoms with E-state index in [4.69, 9.17) is 0 Å². The summed E-state index contributed by atoms with van der Waals surface area (Å²) in [4.78, 5) is 4.61. The van der Waals surface area contributed by atoms with Crippen molar-refractivity contribution in [1.82, 2.24) is 4.98 Å². The van der Waals surface area contributed by atoms with Gasteiger partial charge in [-0.25, -0.2) is 0 Å². The molecule has 2 nitrogen and oxygen atoms in total. The van der Waals surface area contributed by atoms with Gasteiger partial charge in [0.05, 0.1) is 5.69 Å². The van der Waals surface area contributed by atoms with E-state index < -0.39 is 0 Å². The van der Waals surface area contributed by atoms with Crippen LogP contribution in [0.5, 0.6) is 5.75 Å². The smallest absolute Gasteiger partial charge is 0.118 e. The Morgan fingerprint density at radius 1 is 1.12 bits per heavy atom. The minimum absolute atomic E-state index is 0.345. The second kappa shape index (κ2) is 4.58. The molecule has 1 aromatic heterocycles. The van der Waals surface area contributed by atoms with E-state index in [1.807, 2.05) is 38.1 Å². The molecule has 0 amide bonds. The summed E-state index contributed by atoms with van der Waals surface area (Å²) in [5.74, 6) is 0.345. The summed E-state index contributed by atoms with van der Waals surface area (Å²) >= 11 is 0. The maximum atomic E-state index is 9.65. The number of phenolic OH excluding ortho intramolecular Hbond substituents is 1. The van der Waals surface area contributed by atoms with Crippen molar-refractivity contribution in [3.05, 3.63) is 47.2 Å². The van der Waals surface area contributed by atoms with Gasteiger partial charge in [-0.2, -0.15) is 0 Å². The molecule has 0 aliphatic heterocycles. The fraction of sp³-hybridized carbons (Fsp3) is 0.267. The maximum Gasteiger partial charge on any atom is 0.118 e. The number of phenols is 1. The van der Waals surface area contributed by atoms with E-state index >= 15 is 0 Å². The third kappa shape index (κ3) is 2.31. The van der Waals surface area contributed by atoms with E-state index in [0.29, 0.717) is 5.75 Å². The fourth-order valence-electron chi connectivity index (χ4n) is 1.90. The molecule has 0 unspecified atom stereocenters. The topological polar surface area (TPSA) is 33.1 Å². The first-order valence-corrected chi connectivity index (χ1v) is 5.88. The third-order valence-electron chi connectivity index (χ3n) is 2.99. The lowest BCUT2D eigenvalue weighted by atomic mass is 10.0. The van der Waals surface area contributed by atoms with Crippen molar-refractivity contribution in [3.8, 4) is 17.0 Å². The first-order chi connectivity index (χ1) is 8.11. The summed E-state index contributed by atoms with van der Waals surface area (Å²) in [5, 5.41) is 9.65. The van der Waals surface area contributed by atoms with Crippen molar-refractivity contribution >= 4 is 0 Å². The fourth-order valence-corrected chi connectivity index (χ4v) is 1.90. The average molecular weight is 227 g/mol. The molecular weight excluding hydrogens is 210 g/mol. The van der Waals surface area contributed by atoms with Crippen molar-refractivity contribution in [2.24, 2.45) is 0 Å². The maximum absolute atomic E-state index is 9.65. The van der Waals surface area contributed by atoms with Gasteiger partial charge in [-0.3, -0.25) is 4.98 Å². The number of benzene rings is 1. The molecule has 0 atom stereocenters. The molecule has 1 heterocycles. The molecule has 0 saturated carbocycles. The summed E-state index contributed by atoms with van der Waals surface area (Å²) in [5.41, 5.74) is 5.09. The lowest BCUT2D eigenvalue weighted by molar-refractivity contribution is 0.471. The lowest BCUT2D eigenvalue weighted by Gasteiger charge is -2.09. The van der Waals surface area contributed by atoms with E-state index in [1.165, 1.54) is 0 Å². The van der Waals surface area contributed by atoms with Crippen LogP contribution in [0.25, 0.3) is 11.3 Å². The Hall–Kier alpha value is -1.83. The van der Waals surface area contributed by atoms with E-state index in [9.17, 15) is 5.11 Å². The number of aromatic nitrogens is 1. The van der Waals surface area contributed by atoms with Crippen LogP contribution in [0.2, 0.25) is 0 Å². The van der Waals surface area contributed by atoms with E-state index in [-0.39, 0.29) is 0 Å². The molecule has 88 valence electrons. The largest absolute Gasteiger partial charge is 0.508 e. The normalized spacial score (nSPS) is 10.5. The van der Waals surface area contributed by atoms with Gasteiger partial charge in [-0.05, 0) is 55.7 Å². The second-order valence-corrected chi connectivity index (χ2v) is 4.32. The van der Waals surface area contributed by atoms with Crippen LogP contribution in [0.15, 0.2) is 30.3 Å². The minimum Gasteiger partial charge on any atom is -0.508 e. The van der Waals surface area contributed by atoms with Crippen molar-refractivity contribution in [1.29, 1.82) is 0 Å². The molecule has 17 heavy (non-hydrogen) atoms. The van der Waals surface area contributed by atoms with E-state index in [0.717, 1.165) is 34.5 Å². The summed E-state index contributed by atoms with van der Waals surface area (Å²) in [6.07, 6.45) is 0.934. The highest BCUT2D eigenvalue weighted by Gasteiger charge is 2.07. The number of hydrogen-bond donors (Lipinski definition) is 1. The molecule has 0 saturated heterocycles. The van der Waals surface area contributed by atoms with Crippen LogP contribution in [0.1, 0.15) is 23.7 Å². The predicted molar refractivity (Wildman–Crippen MR) is 70.2 cm³/mol. The molecule has 1 aromatic carbocycles. The van der Waals surface area contributed by atoms with Crippen molar-refractivity contribution < 1.29 is 5.11 Å². The van der Waals surface area contributed by atoms with E-state index in [2.05, 4.69) is 11.9 Å². The van der Waals surface area contributed by atoms with Crippen LogP contribution in [0.4, 0.5) is 0 Å². The number of nitrogens with zero attached hydrogens (tertiary/aromatic N) is 1. The molecule has 1 N–H and O–H groups in total. The molecule has 0 radical (unpaired) electrons. The standard InChI is InChI=1S/C15H17NO/c1-4-12-6-5-7-14(16-12)13-8-11(3)15(17)9-10(13)2/h5-9,17H,4H2,1-3H3. The SMILES string of the molecule is CCc1cccc(-c2cc(C)c(O)cc2C)n1. The zero-order chi connectivity index (χ0) is 12.4. The van der Waals surface area contributed by atoms with Crippen LogP contribution in [-0.4, -0.2) is 10.1 Å². The van der Waals surface area contributed by atoms with Gasteiger partial charge >= 0.3 is 0 Å². The van der Waals surface area contributed by atoms with Gasteiger partial charge in [0.1, 0.15) is 5.75 Å². The van der Waals surface area contributed by atoms with Crippen molar-refractivity contribution in [3.63, 3.8) is 0 Å². The second-order valence-electron chi connectivity index (χ2n) is 4.32. The Labute approximate surface area is 102 Å². The number of aryl methyl sites for hydroxylation is 3. The lowest BCUT2D eigenvalue weighted by Crippen LogP contribution is -1.92. The molecule has 0 spiro atoms. The Morgan fingerprint density at radius 3 is 2.59 bits per heavy atom. The number of hydrogen-bond acceptors (Lipinski definition) is 2. The Bertz CT molecular complexity index is 547. The highest BCUT2D eigenvalue weighted by molar-refractivity contribution is 5.66.